The van der Waals surface area contributed by atoms with Gasteiger partial charge in [0.2, 0.25) is 5.95 Å². The van der Waals surface area contributed by atoms with Crippen molar-refractivity contribution in [3.8, 4) is 11.3 Å². The van der Waals surface area contributed by atoms with Crippen molar-refractivity contribution in [2.75, 3.05) is 19.0 Å². The Hall–Kier alpha value is -3.13. The predicted octanol–water partition coefficient (Wildman–Crippen LogP) is 3.28. The second-order valence-electron chi connectivity index (χ2n) is 7.48. The van der Waals surface area contributed by atoms with Crippen LogP contribution in [0.4, 0.5) is 10.3 Å². The molecule has 160 valence electrons. The van der Waals surface area contributed by atoms with Crippen LogP contribution in [0.25, 0.3) is 17.3 Å². The van der Waals surface area contributed by atoms with E-state index in [1.165, 1.54) is 18.2 Å². The molecule has 1 aromatic carbocycles. The van der Waals surface area contributed by atoms with Gasteiger partial charge in [-0.3, -0.25) is 9.59 Å². The minimum Gasteiger partial charge on any atom is -0.481 e. The molecular weight excluding hydrogens is 389 g/mol. The van der Waals surface area contributed by atoms with Gasteiger partial charge in [-0.1, -0.05) is 13.8 Å². The lowest BCUT2D eigenvalue weighted by atomic mass is 9.97. The SMILES string of the molecule is CC(C)c1nc(N(C)C)nc(-c2ccc(F)cc2)c1/C=C/C(=O)C[C@@H](O)CC(=O)O. The molecule has 0 aliphatic carbocycles. The minimum absolute atomic E-state index is 0.0123. The van der Waals surface area contributed by atoms with Crippen molar-refractivity contribution < 1.29 is 24.2 Å². The summed E-state index contributed by atoms with van der Waals surface area (Å²) >= 11 is 0. The van der Waals surface area contributed by atoms with Crippen molar-refractivity contribution in [1.82, 2.24) is 9.97 Å². The van der Waals surface area contributed by atoms with E-state index in [1.54, 1.807) is 23.1 Å². The van der Waals surface area contributed by atoms with Crippen molar-refractivity contribution >= 4 is 23.8 Å². The Bertz CT molecular complexity index is 940. The topological polar surface area (TPSA) is 104 Å². The van der Waals surface area contributed by atoms with E-state index in [9.17, 15) is 19.1 Å². The van der Waals surface area contributed by atoms with Crippen LogP contribution in [0.5, 0.6) is 0 Å². The maximum Gasteiger partial charge on any atom is 0.305 e. The number of carboxylic acid groups (broad SMARTS) is 1. The molecule has 0 aliphatic rings. The van der Waals surface area contributed by atoms with Crippen LogP contribution in [0.2, 0.25) is 0 Å². The first-order valence-electron chi connectivity index (χ1n) is 9.54. The fourth-order valence-corrected chi connectivity index (χ4v) is 2.86. The first kappa shape index (κ1) is 23.2. The molecule has 1 atom stereocenters. The van der Waals surface area contributed by atoms with Gasteiger partial charge < -0.3 is 15.1 Å². The molecule has 0 bridgehead atoms. The first-order valence-corrected chi connectivity index (χ1v) is 9.54. The molecule has 0 aliphatic heterocycles. The average molecular weight is 415 g/mol. The third kappa shape index (κ3) is 6.18. The predicted molar refractivity (Wildman–Crippen MR) is 113 cm³/mol. The number of carbonyl (C=O) groups is 2. The van der Waals surface area contributed by atoms with Gasteiger partial charge in [-0.15, -0.1) is 0 Å². The standard InChI is InChI=1S/C22H26FN3O4/c1-13(2)20-18(10-9-16(27)11-17(28)12-19(29)30)21(25-22(24-20)26(3)4)14-5-7-15(23)8-6-14/h5-10,13,17,28H,11-12H2,1-4H3,(H,29,30)/b10-9+/t17-/m1/s1. The number of halogens is 1. The summed E-state index contributed by atoms with van der Waals surface area (Å²) in [4.78, 5) is 33.8. The molecule has 0 spiro atoms. The van der Waals surface area contributed by atoms with Crippen LogP contribution in [-0.4, -0.2) is 52.1 Å². The fraction of sp³-hybridized carbons (Fsp3) is 0.364. The highest BCUT2D eigenvalue weighted by atomic mass is 19.1. The van der Waals surface area contributed by atoms with E-state index in [2.05, 4.69) is 9.97 Å². The van der Waals surface area contributed by atoms with Crippen molar-refractivity contribution in [2.45, 2.75) is 38.7 Å². The number of carboxylic acids is 1. The smallest absolute Gasteiger partial charge is 0.305 e. The molecule has 0 saturated heterocycles. The third-order valence-corrected chi connectivity index (χ3v) is 4.31. The molecule has 1 aromatic heterocycles. The third-order valence-electron chi connectivity index (χ3n) is 4.31. The molecule has 2 N–H and O–H groups in total. The van der Waals surface area contributed by atoms with Gasteiger partial charge in [0, 0.05) is 31.6 Å². The van der Waals surface area contributed by atoms with E-state index in [-0.39, 0.29) is 18.2 Å². The van der Waals surface area contributed by atoms with E-state index < -0.39 is 24.3 Å². The highest BCUT2D eigenvalue weighted by Crippen LogP contribution is 2.31. The summed E-state index contributed by atoms with van der Waals surface area (Å²) in [5.74, 6) is -1.46. The van der Waals surface area contributed by atoms with Gasteiger partial charge in [-0.05, 0) is 42.3 Å². The molecule has 1 heterocycles. The Kier molecular flexibility index (Phi) is 7.77. The number of carbonyl (C=O) groups excluding carboxylic acids is 1. The number of anilines is 1. The normalized spacial score (nSPS) is 12.4. The van der Waals surface area contributed by atoms with Crippen LogP contribution < -0.4 is 4.90 Å². The lowest BCUT2D eigenvalue weighted by Crippen LogP contribution is -2.17. The lowest BCUT2D eigenvalue weighted by molar-refractivity contribution is -0.139. The van der Waals surface area contributed by atoms with Gasteiger partial charge in [0.1, 0.15) is 5.82 Å². The zero-order chi connectivity index (χ0) is 22.4. The molecule has 0 saturated carbocycles. The van der Waals surface area contributed by atoms with Gasteiger partial charge in [0.25, 0.3) is 0 Å². The largest absolute Gasteiger partial charge is 0.481 e. The number of rotatable bonds is 9. The quantitative estimate of drug-likeness (QED) is 0.606. The molecule has 7 nitrogen and oxygen atoms in total. The number of aromatic nitrogens is 2. The van der Waals surface area contributed by atoms with Crippen LogP contribution in [0.3, 0.4) is 0 Å². The van der Waals surface area contributed by atoms with Crippen molar-refractivity contribution in [1.29, 1.82) is 0 Å². The van der Waals surface area contributed by atoms with Crippen LogP contribution in [0, 0.1) is 5.82 Å². The molecule has 30 heavy (non-hydrogen) atoms. The monoisotopic (exact) mass is 415 g/mol. The molecule has 0 unspecified atom stereocenters. The number of ketones is 1. The number of hydrogen-bond acceptors (Lipinski definition) is 6. The van der Waals surface area contributed by atoms with Gasteiger partial charge in [0.05, 0.1) is 23.9 Å². The Morgan fingerprint density at radius 1 is 1.13 bits per heavy atom. The first-order chi connectivity index (χ1) is 14.1. The van der Waals surface area contributed by atoms with Gasteiger partial charge in [-0.2, -0.15) is 0 Å². The lowest BCUT2D eigenvalue weighted by Gasteiger charge is -2.19. The van der Waals surface area contributed by atoms with E-state index in [0.29, 0.717) is 28.5 Å². The summed E-state index contributed by atoms with van der Waals surface area (Å²) in [5, 5.41) is 18.4. The zero-order valence-corrected chi connectivity index (χ0v) is 17.5. The maximum atomic E-state index is 13.4. The van der Waals surface area contributed by atoms with Crippen LogP contribution in [0.1, 0.15) is 43.9 Å². The van der Waals surface area contributed by atoms with Crippen LogP contribution in [0.15, 0.2) is 30.3 Å². The summed E-state index contributed by atoms with van der Waals surface area (Å²) in [6.45, 7) is 3.93. The summed E-state index contributed by atoms with van der Waals surface area (Å²) in [6, 6.07) is 5.89. The van der Waals surface area contributed by atoms with E-state index in [4.69, 9.17) is 5.11 Å². The summed E-state index contributed by atoms with van der Waals surface area (Å²) in [6.07, 6.45) is 0.801. The molecule has 8 heteroatoms. The number of aliphatic hydroxyl groups is 1. The van der Waals surface area contributed by atoms with E-state index in [1.807, 2.05) is 27.9 Å². The van der Waals surface area contributed by atoms with Gasteiger partial charge in [-0.25, -0.2) is 14.4 Å². The van der Waals surface area contributed by atoms with E-state index in [0.717, 1.165) is 0 Å². The summed E-state index contributed by atoms with van der Waals surface area (Å²) < 4.78 is 13.4. The number of benzene rings is 1. The second-order valence-corrected chi connectivity index (χ2v) is 7.48. The van der Waals surface area contributed by atoms with Gasteiger partial charge >= 0.3 is 5.97 Å². The molecule has 2 aromatic rings. The molecule has 0 amide bonds. The molecule has 0 radical (unpaired) electrons. The number of allylic oxidation sites excluding steroid dienone is 1. The van der Waals surface area contributed by atoms with Gasteiger partial charge in [0.15, 0.2) is 5.78 Å². The Morgan fingerprint density at radius 3 is 2.30 bits per heavy atom. The van der Waals surface area contributed by atoms with Crippen LogP contribution >= 0.6 is 0 Å². The number of aliphatic hydroxyl groups excluding tert-OH is 1. The van der Waals surface area contributed by atoms with Crippen molar-refractivity contribution in [3.63, 3.8) is 0 Å². The Labute approximate surface area is 174 Å². The van der Waals surface area contributed by atoms with E-state index >= 15 is 0 Å². The Morgan fingerprint density at radius 2 is 1.77 bits per heavy atom. The summed E-state index contributed by atoms with van der Waals surface area (Å²) in [7, 11) is 3.63. The Balaban J connectivity index is 2.51. The highest BCUT2D eigenvalue weighted by Gasteiger charge is 2.18. The molecular formula is C22H26FN3O4. The van der Waals surface area contributed by atoms with Crippen LogP contribution in [-0.2, 0) is 9.59 Å². The van der Waals surface area contributed by atoms with Crippen molar-refractivity contribution in [3.05, 3.63) is 47.4 Å². The van der Waals surface area contributed by atoms with Crippen molar-refractivity contribution in [2.24, 2.45) is 0 Å². The average Bonchev–Trinajstić information content (AvgIpc) is 2.65. The second kappa shape index (κ2) is 10.1. The minimum atomic E-state index is -1.26. The zero-order valence-electron chi connectivity index (χ0n) is 17.5. The summed E-state index contributed by atoms with van der Waals surface area (Å²) in [5.41, 5.74) is 2.54. The fourth-order valence-electron chi connectivity index (χ4n) is 2.86. The highest BCUT2D eigenvalue weighted by molar-refractivity contribution is 5.95. The number of nitrogens with zero attached hydrogens (tertiary/aromatic N) is 3. The maximum absolute atomic E-state index is 13.4. The number of hydrogen-bond donors (Lipinski definition) is 2. The molecule has 0 fully saturated rings. The molecule has 2 rings (SSSR count). The number of aliphatic carboxylic acids is 1.